The van der Waals surface area contributed by atoms with Gasteiger partial charge < -0.3 is 19.6 Å². The van der Waals surface area contributed by atoms with Crippen LogP contribution < -0.4 is 0 Å². The van der Waals surface area contributed by atoms with Crippen LogP contribution in [-0.2, 0) is 0 Å². The fourth-order valence-electron chi connectivity index (χ4n) is 6.52. The first-order valence-electron chi connectivity index (χ1n) is 17.3. The molecule has 4 saturated heterocycles. The van der Waals surface area contributed by atoms with Crippen molar-refractivity contribution < 1.29 is 0 Å². The molecule has 0 aromatic carbocycles. The number of piperidine rings is 2. The number of hydrogen-bond donors (Lipinski definition) is 0. The van der Waals surface area contributed by atoms with E-state index < -0.39 is 0 Å². The molecule has 6 nitrogen and oxygen atoms in total. The molecule has 0 aromatic rings. The Kier molecular flexibility index (Phi) is 20.2. The van der Waals surface area contributed by atoms with Crippen LogP contribution in [0, 0.1) is 5.92 Å². The molecular formula is C33H72N6. The monoisotopic (exact) mass is 553 g/mol. The molecule has 0 aromatic heterocycles. The van der Waals surface area contributed by atoms with Gasteiger partial charge in [0, 0.05) is 77.0 Å². The van der Waals surface area contributed by atoms with Crippen molar-refractivity contribution >= 4 is 0 Å². The molecule has 0 N–H and O–H groups in total. The molecule has 39 heavy (non-hydrogen) atoms. The number of hydrogen-bond acceptors (Lipinski definition) is 6. The smallest absolute Gasteiger partial charge is 0.0121 e. The van der Waals surface area contributed by atoms with Crippen LogP contribution in [-0.4, -0.2) is 146 Å². The highest BCUT2D eigenvalue weighted by Crippen LogP contribution is 2.21. The van der Waals surface area contributed by atoms with Crippen LogP contribution in [0.15, 0.2) is 0 Å². The molecule has 4 rings (SSSR count). The molecule has 0 aliphatic carbocycles. The second kappa shape index (κ2) is 21.5. The van der Waals surface area contributed by atoms with Gasteiger partial charge in [0.2, 0.25) is 0 Å². The summed E-state index contributed by atoms with van der Waals surface area (Å²) in [5, 5.41) is 0. The Hall–Kier alpha value is -0.240. The van der Waals surface area contributed by atoms with E-state index in [4.69, 9.17) is 0 Å². The van der Waals surface area contributed by atoms with Gasteiger partial charge in [-0.05, 0) is 98.6 Å². The highest BCUT2D eigenvalue weighted by Gasteiger charge is 2.27. The Morgan fingerprint density at radius 1 is 0.487 bits per heavy atom. The van der Waals surface area contributed by atoms with Gasteiger partial charge in [-0.15, -0.1) is 0 Å². The van der Waals surface area contributed by atoms with E-state index in [-0.39, 0.29) is 0 Å². The summed E-state index contributed by atoms with van der Waals surface area (Å²) >= 11 is 0. The average Bonchev–Trinajstić information content (AvgIpc) is 3.00. The summed E-state index contributed by atoms with van der Waals surface area (Å²) in [6, 6.07) is 2.33. The highest BCUT2D eigenvalue weighted by atomic mass is 15.3. The van der Waals surface area contributed by atoms with Crippen LogP contribution in [0.2, 0.25) is 0 Å². The minimum Gasteiger partial charge on any atom is -0.303 e. The molecule has 4 aliphatic rings. The minimum absolute atomic E-state index is 0.719. The standard InChI is InChI=1S/C16H33N3.C13H27N3.2C2H6/c1-14(2)18-7-5-16(6-8-18)13-17-9-11-19(12-10-17)15(3)4;1-3-14-7-5-13(6-8-14)16-11-9-15(4-2)10-12-16;2*1-2/h14-16H,5-13H2,1-4H3;13H,3-12H2,1-2H3;2*1-2H3. The summed E-state index contributed by atoms with van der Waals surface area (Å²) in [5.41, 5.74) is 0. The molecule has 6 heteroatoms. The van der Waals surface area contributed by atoms with Crippen LogP contribution in [0.4, 0.5) is 0 Å². The second-order valence-corrected chi connectivity index (χ2v) is 12.1. The van der Waals surface area contributed by atoms with Gasteiger partial charge in [-0.2, -0.15) is 0 Å². The quantitative estimate of drug-likeness (QED) is 0.424. The maximum atomic E-state index is 2.74. The number of nitrogens with zero attached hydrogens (tertiary/aromatic N) is 6. The van der Waals surface area contributed by atoms with Gasteiger partial charge in [0.15, 0.2) is 0 Å². The topological polar surface area (TPSA) is 19.4 Å². The van der Waals surface area contributed by atoms with Crippen molar-refractivity contribution in [2.24, 2.45) is 5.92 Å². The van der Waals surface area contributed by atoms with E-state index >= 15 is 0 Å². The predicted molar refractivity (Wildman–Crippen MR) is 174 cm³/mol. The van der Waals surface area contributed by atoms with Gasteiger partial charge in [-0.1, -0.05) is 41.5 Å². The Morgan fingerprint density at radius 3 is 1.33 bits per heavy atom. The summed E-state index contributed by atoms with van der Waals surface area (Å²) < 4.78 is 0. The summed E-state index contributed by atoms with van der Waals surface area (Å²) in [4.78, 5) is 15.8. The van der Waals surface area contributed by atoms with Gasteiger partial charge in [-0.25, -0.2) is 0 Å². The van der Waals surface area contributed by atoms with Crippen LogP contribution in [0.1, 0.15) is 94.9 Å². The third kappa shape index (κ3) is 13.5. The maximum Gasteiger partial charge on any atom is 0.0121 e. The average molecular weight is 553 g/mol. The van der Waals surface area contributed by atoms with Gasteiger partial charge >= 0.3 is 0 Å². The predicted octanol–water partition coefficient (Wildman–Crippen LogP) is 5.29. The number of likely N-dealkylation sites (N-methyl/N-ethyl adjacent to an activating group) is 1. The molecule has 4 fully saturated rings. The lowest BCUT2D eigenvalue weighted by molar-refractivity contribution is 0.0624. The van der Waals surface area contributed by atoms with Crippen molar-refractivity contribution in [2.75, 3.05) is 98.2 Å². The molecule has 234 valence electrons. The molecule has 4 aliphatic heterocycles. The van der Waals surface area contributed by atoms with Crippen molar-refractivity contribution in [3.63, 3.8) is 0 Å². The molecule has 0 bridgehead atoms. The van der Waals surface area contributed by atoms with E-state index in [2.05, 4.69) is 70.9 Å². The third-order valence-corrected chi connectivity index (χ3v) is 9.41. The van der Waals surface area contributed by atoms with Crippen molar-refractivity contribution in [1.29, 1.82) is 0 Å². The van der Waals surface area contributed by atoms with Gasteiger partial charge in [-0.3, -0.25) is 9.80 Å². The summed E-state index contributed by atoms with van der Waals surface area (Å²) in [6.45, 7) is 41.1. The first kappa shape index (κ1) is 36.8. The molecule has 0 saturated carbocycles. The summed E-state index contributed by atoms with van der Waals surface area (Å²) in [5.74, 6) is 0.945. The second-order valence-electron chi connectivity index (χ2n) is 12.1. The molecular weight excluding hydrogens is 480 g/mol. The van der Waals surface area contributed by atoms with E-state index in [1.165, 1.54) is 124 Å². The highest BCUT2D eigenvalue weighted by molar-refractivity contribution is 4.83. The SMILES string of the molecule is CC.CC.CC(C)N1CCC(CN2CCN(C(C)C)CC2)CC1.CCN1CCC(N2CCN(CC)CC2)CC1. The lowest BCUT2D eigenvalue weighted by atomic mass is 9.95. The number of likely N-dealkylation sites (tertiary alicyclic amines) is 2. The number of piperazine rings is 2. The summed E-state index contributed by atoms with van der Waals surface area (Å²) in [7, 11) is 0. The molecule has 0 spiro atoms. The van der Waals surface area contributed by atoms with Crippen molar-refractivity contribution in [1.82, 2.24) is 29.4 Å². The van der Waals surface area contributed by atoms with Crippen molar-refractivity contribution in [2.45, 2.75) is 113 Å². The van der Waals surface area contributed by atoms with E-state index in [0.29, 0.717) is 0 Å². The van der Waals surface area contributed by atoms with Crippen LogP contribution in [0.3, 0.4) is 0 Å². The molecule has 4 heterocycles. The maximum absolute atomic E-state index is 2.74. The Balaban J connectivity index is 0.000000350. The number of rotatable bonds is 7. The van der Waals surface area contributed by atoms with Crippen LogP contribution in [0.5, 0.6) is 0 Å². The van der Waals surface area contributed by atoms with Gasteiger partial charge in [0.05, 0.1) is 0 Å². The normalized spacial score (nSPS) is 24.0. The molecule has 0 atom stereocenters. The lowest BCUT2D eigenvalue weighted by Gasteiger charge is -2.42. The zero-order valence-electron chi connectivity index (χ0n) is 28.4. The third-order valence-electron chi connectivity index (χ3n) is 9.41. The Morgan fingerprint density at radius 2 is 0.897 bits per heavy atom. The first-order valence-corrected chi connectivity index (χ1v) is 17.3. The van der Waals surface area contributed by atoms with E-state index in [1.54, 1.807) is 0 Å². The Labute approximate surface area is 246 Å². The molecule has 0 amide bonds. The van der Waals surface area contributed by atoms with Crippen LogP contribution in [0.25, 0.3) is 0 Å². The fourth-order valence-corrected chi connectivity index (χ4v) is 6.52. The molecule has 0 unspecified atom stereocenters. The Bertz CT molecular complexity index is 490. The van der Waals surface area contributed by atoms with E-state index in [1.807, 2.05) is 27.7 Å². The van der Waals surface area contributed by atoms with Crippen molar-refractivity contribution in [3.8, 4) is 0 Å². The van der Waals surface area contributed by atoms with E-state index in [9.17, 15) is 0 Å². The van der Waals surface area contributed by atoms with E-state index in [0.717, 1.165) is 24.0 Å². The van der Waals surface area contributed by atoms with Gasteiger partial charge in [0.1, 0.15) is 0 Å². The van der Waals surface area contributed by atoms with Gasteiger partial charge in [0.25, 0.3) is 0 Å². The molecule has 0 radical (unpaired) electrons. The lowest BCUT2D eigenvalue weighted by Crippen LogP contribution is -2.53. The zero-order chi connectivity index (χ0) is 29.2. The van der Waals surface area contributed by atoms with Crippen molar-refractivity contribution in [3.05, 3.63) is 0 Å². The minimum atomic E-state index is 0.719. The first-order chi connectivity index (χ1) is 18.9. The largest absolute Gasteiger partial charge is 0.303 e. The zero-order valence-corrected chi connectivity index (χ0v) is 28.4. The van der Waals surface area contributed by atoms with Crippen LogP contribution >= 0.6 is 0 Å². The fraction of sp³-hybridized carbons (Fsp3) is 1.00. The summed E-state index contributed by atoms with van der Waals surface area (Å²) in [6.07, 6.45) is 5.59.